The molecule has 15 heavy (non-hydrogen) atoms. The fourth-order valence-electron chi connectivity index (χ4n) is 1.71. The predicted octanol–water partition coefficient (Wildman–Crippen LogP) is 1.08. The van der Waals surface area contributed by atoms with Gasteiger partial charge in [0.1, 0.15) is 0 Å². The van der Waals surface area contributed by atoms with Crippen molar-refractivity contribution < 1.29 is 16.8 Å². The summed E-state index contributed by atoms with van der Waals surface area (Å²) in [5.41, 5.74) is 0.362. The lowest BCUT2D eigenvalue weighted by Gasteiger charge is -2.09. The Morgan fingerprint density at radius 3 is 2.47 bits per heavy atom. The van der Waals surface area contributed by atoms with E-state index in [1.807, 2.05) is 0 Å². The molecule has 0 aliphatic carbocycles. The molecule has 1 aliphatic heterocycles. The van der Waals surface area contributed by atoms with Gasteiger partial charge in [0.2, 0.25) is 9.05 Å². The molecule has 1 rings (SSSR count). The van der Waals surface area contributed by atoms with Crippen LogP contribution in [0.15, 0.2) is 12.2 Å². The first-order valence-electron chi connectivity index (χ1n) is 4.51. The molecule has 0 saturated carbocycles. The van der Waals surface area contributed by atoms with Crippen LogP contribution in [-0.2, 0) is 18.9 Å². The van der Waals surface area contributed by atoms with Gasteiger partial charge < -0.3 is 0 Å². The SMILES string of the molecule is C=C(CC1CCCS1(=O)=O)CS(=O)(=O)Cl. The molecule has 0 N–H and O–H groups in total. The second kappa shape index (κ2) is 4.43. The molecule has 1 unspecified atom stereocenters. The lowest BCUT2D eigenvalue weighted by Crippen LogP contribution is -2.17. The van der Waals surface area contributed by atoms with Crippen LogP contribution in [0.3, 0.4) is 0 Å². The van der Waals surface area contributed by atoms with Crippen LogP contribution in [0.5, 0.6) is 0 Å². The molecule has 1 saturated heterocycles. The van der Waals surface area contributed by atoms with Gasteiger partial charge in [0, 0.05) is 10.7 Å². The summed E-state index contributed by atoms with van der Waals surface area (Å²) in [7, 11) is -1.61. The molecule has 1 atom stereocenters. The van der Waals surface area contributed by atoms with Gasteiger partial charge in [0.05, 0.1) is 16.8 Å². The fourth-order valence-corrected chi connectivity index (χ4v) is 4.70. The minimum atomic E-state index is -3.62. The first-order chi connectivity index (χ1) is 6.71. The molecule has 0 aromatic carbocycles. The van der Waals surface area contributed by atoms with Crippen LogP contribution in [-0.4, -0.2) is 33.6 Å². The van der Waals surface area contributed by atoms with Crippen molar-refractivity contribution in [3.63, 3.8) is 0 Å². The molecule has 0 bridgehead atoms. The molecule has 4 nitrogen and oxygen atoms in total. The normalized spacial score (nSPS) is 25.3. The fraction of sp³-hybridized carbons (Fsp3) is 0.750. The summed E-state index contributed by atoms with van der Waals surface area (Å²) in [5.74, 6) is -0.154. The molecule has 88 valence electrons. The number of hydrogen-bond acceptors (Lipinski definition) is 4. The third-order valence-electron chi connectivity index (χ3n) is 2.36. The zero-order valence-corrected chi connectivity index (χ0v) is 10.5. The van der Waals surface area contributed by atoms with Crippen LogP contribution in [0.4, 0.5) is 0 Å². The van der Waals surface area contributed by atoms with Crippen molar-refractivity contribution in [3.8, 4) is 0 Å². The van der Waals surface area contributed by atoms with Crippen LogP contribution in [0.2, 0.25) is 0 Å². The predicted molar refractivity (Wildman–Crippen MR) is 60.2 cm³/mol. The Morgan fingerprint density at radius 2 is 2.07 bits per heavy atom. The first-order valence-corrected chi connectivity index (χ1v) is 8.71. The van der Waals surface area contributed by atoms with Gasteiger partial charge >= 0.3 is 0 Å². The molecule has 0 radical (unpaired) electrons. The monoisotopic (exact) mass is 272 g/mol. The average molecular weight is 273 g/mol. The minimum absolute atomic E-state index is 0.193. The van der Waals surface area contributed by atoms with Crippen LogP contribution in [0.25, 0.3) is 0 Å². The third-order valence-corrected chi connectivity index (χ3v) is 5.71. The van der Waals surface area contributed by atoms with Gasteiger partial charge in [0.25, 0.3) is 0 Å². The Labute approximate surface area is 94.7 Å². The minimum Gasteiger partial charge on any atom is -0.229 e. The van der Waals surface area contributed by atoms with E-state index in [4.69, 9.17) is 10.7 Å². The maximum Gasteiger partial charge on any atom is 0.236 e. The van der Waals surface area contributed by atoms with E-state index in [0.717, 1.165) is 0 Å². The highest BCUT2D eigenvalue weighted by Gasteiger charge is 2.31. The molecule has 1 fully saturated rings. The van der Waals surface area contributed by atoms with Gasteiger partial charge in [-0.05, 0) is 19.3 Å². The molecule has 0 aromatic heterocycles. The maximum absolute atomic E-state index is 11.4. The van der Waals surface area contributed by atoms with E-state index < -0.39 is 24.1 Å². The van der Waals surface area contributed by atoms with E-state index in [1.165, 1.54) is 0 Å². The zero-order valence-electron chi connectivity index (χ0n) is 8.15. The molecular formula is C8H13ClO4S2. The van der Waals surface area contributed by atoms with Crippen LogP contribution in [0.1, 0.15) is 19.3 Å². The third kappa shape index (κ3) is 4.12. The molecular weight excluding hydrogens is 260 g/mol. The summed E-state index contributed by atoms with van der Waals surface area (Å²) < 4.78 is 44.3. The molecule has 0 spiro atoms. The second-order valence-electron chi connectivity index (χ2n) is 3.77. The van der Waals surface area contributed by atoms with Crippen molar-refractivity contribution in [3.05, 3.63) is 12.2 Å². The number of hydrogen-bond donors (Lipinski definition) is 0. The molecule has 7 heteroatoms. The Hall–Kier alpha value is -0.0700. The van der Waals surface area contributed by atoms with E-state index in [9.17, 15) is 16.8 Å². The van der Waals surface area contributed by atoms with E-state index in [2.05, 4.69) is 6.58 Å². The Morgan fingerprint density at radius 1 is 1.47 bits per heavy atom. The summed E-state index contributed by atoms with van der Waals surface area (Å²) >= 11 is 0. The molecule has 0 amide bonds. The van der Waals surface area contributed by atoms with E-state index in [-0.39, 0.29) is 17.9 Å². The van der Waals surface area contributed by atoms with E-state index in [1.54, 1.807) is 0 Å². The lowest BCUT2D eigenvalue weighted by atomic mass is 10.1. The Kier molecular flexibility index (Phi) is 3.84. The smallest absolute Gasteiger partial charge is 0.229 e. The molecule has 1 aliphatic rings. The quantitative estimate of drug-likeness (QED) is 0.567. The van der Waals surface area contributed by atoms with Crippen molar-refractivity contribution in [2.75, 3.05) is 11.5 Å². The summed E-state index contributed by atoms with van der Waals surface area (Å²) in [6, 6.07) is 0. The first kappa shape index (κ1) is 13.0. The molecule has 1 heterocycles. The van der Waals surface area contributed by atoms with Crippen molar-refractivity contribution in [1.82, 2.24) is 0 Å². The second-order valence-corrected chi connectivity index (χ2v) is 8.95. The number of rotatable bonds is 4. The Balaban J connectivity index is 2.60. The van der Waals surface area contributed by atoms with E-state index in [0.29, 0.717) is 18.4 Å². The van der Waals surface area contributed by atoms with Crippen molar-refractivity contribution in [2.45, 2.75) is 24.5 Å². The topological polar surface area (TPSA) is 68.3 Å². The maximum atomic E-state index is 11.4. The van der Waals surface area contributed by atoms with Crippen molar-refractivity contribution in [2.24, 2.45) is 0 Å². The van der Waals surface area contributed by atoms with Gasteiger partial charge in [-0.25, -0.2) is 16.8 Å². The number of halogens is 1. The number of sulfone groups is 1. The van der Waals surface area contributed by atoms with Crippen LogP contribution < -0.4 is 0 Å². The van der Waals surface area contributed by atoms with Crippen LogP contribution >= 0.6 is 10.7 Å². The average Bonchev–Trinajstić information content (AvgIpc) is 2.26. The van der Waals surface area contributed by atoms with Crippen LogP contribution in [0, 0.1) is 0 Å². The highest BCUT2D eigenvalue weighted by atomic mass is 35.7. The van der Waals surface area contributed by atoms with Crippen molar-refractivity contribution >= 4 is 29.6 Å². The lowest BCUT2D eigenvalue weighted by molar-refractivity contribution is 0.586. The standard InChI is InChI=1S/C8H13ClO4S2/c1-7(6-15(9,12)13)5-8-3-2-4-14(8,10)11/h8H,1-6H2. The summed E-state index contributed by atoms with van der Waals surface area (Å²) in [6.07, 6.45) is 1.44. The largest absolute Gasteiger partial charge is 0.236 e. The van der Waals surface area contributed by atoms with Gasteiger partial charge in [-0.1, -0.05) is 12.2 Å². The van der Waals surface area contributed by atoms with Gasteiger partial charge in [-0.15, -0.1) is 0 Å². The molecule has 0 aromatic rings. The van der Waals surface area contributed by atoms with E-state index >= 15 is 0 Å². The van der Waals surface area contributed by atoms with Gasteiger partial charge in [0.15, 0.2) is 9.84 Å². The summed E-state index contributed by atoms with van der Waals surface area (Å²) in [5, 5.41) is -0.469. The highest BCUT2D eigenvalue weighted by molar-refractivity contribution is 8.13. The Bertz CT molecular complexity index is 449. The van der Waals surface area contributed by atoms with Crippen molar-refractivity contribution in [1.29, 1.82) is 0 Å². The summed E-state index contributed by atoms with van der Waals surface area (Å²) in [6.45, 7) is 3.54. The highest BCUT2D eigenvalue weighted by Crippen LogP contribution is 2.25. The van der Waals surface area contributed by atoms with Gasteiger partial charge in [-0.3, -0.25) is 0 Å². The summed E-state index contributed by atoms with van der Waals surface area (Å²) in [4.78, 5) is 0. The zero-order chi connectivity index (χ0) is 11.7. The van der Waals surface area contributed by atoms with Gasteiger partial charge in [-0.2, -0.15) is 0 Å².